The minimum Gasteiger partial charge on any atom is -0.494 e. The van der Waals surface area contributed by atoms with E-state index < -0.39 is 0 Å². The second-order valence-electron chi connectivity index (χ2n) is 8.73. The Hall–Kier alpha value is -2.49. The third kappa shape index (κ3) is 4.58. The molecule has 0 bridgehead atoms. The SMILES string of the molecule is CCOc1ccc(N2CC(Oc3ccc([C@H](C)CC(=O)C4(C)CC4)cc3)C2)cc1. The van der Waals surface area contributed by atoms with E-state index in [1.54, 1.807) is 0 Å². The van der Waals surface area contributed by atoms with Crippen LogP contribution in [0.15, 0.2) is 48.5 Å². The average Bonchev–Trinajstić information content (AvgIpc) is 3.45. The van der Waals surface area contributed by atoms with E-state index in [1.807, 2.05) is 31.2 Å². The molecule has 29 heavy (non-hydrogen) atoms. The highest BCUT2D eigenvalue weighted by molar-refractivity contribution is 5.87. The smallest absolute Gasteiger partial charge is 0.139 e. The molecule has 0 N–H and O–H groups in total. The summed E-state index contributed by atoms with van der Waals surface area (Å²) in [5.41, 5.74) is 2.38. The Bertz CT molecular complexity index is 833. The summed E-state index contributed by atoms with van der Waals surface area (Å²) in [5, 5.41) is 0. The minimum atomic E-state index is -0.0310. The van der Waals surface area contributed by atoms with Gasteiger partial charge in [-0.15, -0.1) is 0 Å². The molecule has 1 saturated heterocycles. The molecule has 1 aliphatic heterocycles. The standard InChI is InChI=1S/C25H31NO3/c1-4-28-21-11-7-20(8-12-21)26-16-23(17-26)29-22-9-5-19(6-10-22)18(2)15-24(27)25(3)13-14-25/h5-12,18,23H,4,13-17H2,1-3H3/t18-/m1/s1. The molecule has 2 fully saturated rings. The second kappa shape index (κ2) is 8.10. The van der Waals surface area contributed by atoms with E-state index >= 15 is 0 Å². The number of ether oxygens (including phenoxy) is 2. The van der Waals surface area contributed by atoms with Gasteiger partial charge in [-0.1, -0.05) is 26.0 Å². The summed E-state index contributed by atoms with van der Waals surface area (Å²) in [4.78, 5) is 14.6. The van der Waals surface area contributed by atoms with Gasteiger partial charge in [-0.05, 0) is 67.6 Å². The molecule has 0 unspecified atom stereocenters. The largest absolute Gasteiger partial charge is 0.494 e. The average molecular weight is 394 g/mol. The number of benzene rings is 2. The van der Waals surface area contributed by atoms with Crippen molar-refractivity contribution in [3.63, 3.8) is 0 Å². The molecular weight excluding hydrogens is 362 g/mol. The monoisotopic (exact) mass is 393 g/mol. The van der Waals surface area contributed by atoms with Crippen LogP contribution in [0.5, 0.6) is 11.5 Å². The lowest BCUT2D eigenvalue weighted by Gasteiger charge is -2.40. The molecule has 0 spiro atoms. The first-order chi connectivity index (χ1) is 14.0. The number of rotatable bonds is 9. The van der Waals surface area contributed by atoms with Crippen LogP contribution < -0.4 is 14.4 Å². The van der Waals surface area contributed by atoms with Gasteiger partial charge in [0.25, 0.3) is 0 Å². The molecule has 2 aromatic carbocycles. The molecular formula is C25H31NO3. The van der Waals surface area contributed by atoms with Crippen LogP contribution >= 0.6 is 0 Å². The summed E-state index contributed by atoms with van der Waals surface area (Å²) in [5.74, 6) is 2.48. The Morgan fingerprint density at radius 3 is 2.28 bits per heavy atom. The lowest BCUT2D eigenvalue weighted by molar-refractivity contribution is -0.123. The summed E-state index contributed by atoms with van der Waals surface area (Å²) in [6.45, 7) is 8.69. The lowest BCUT2D eigenvalue weighted by atomic mass is 9.90. The minimum absolute atomic E-state index is 0.0310. The van der Waals surface area contributed by atoms with E-state index in [0.29, 0.717) is 18.8 Å². The number of nitrogens with zero attached hydrogens (tertiary/aromatic N) is 1. The van der Waals surface area contributed by atoms with Crippen LogP contribution in [0, 0.1) is 5.41 Å². The molecule has 2 aliphatic rings. The number of hydrogen-bond acceptors (Lipinski definition) is 4. The van der Waals surface area contributed by atoms with E-state index in [0.717, 1.165) is 37.4 Å². The van der Waals surface area contributed by atoms with Crippen molar-refractivity contribution in [1.29, 1.82) is 0 Å². The Balaban J connectivity index is 1.25. The first-order valence-electron chi connectivity index (χ1n) is 10.7. The maximum absolute atomic E-state index is 12.3. The maximum Gasteiger partial charge on any atom is 0.139 e. The first-order valence-corrected chi connectivity index (χ1v) is 10.7. The summed E-state index contributed by atoms with van der Waals surface area (Å²) in [6.07, 6.45) is 2.96. The summed E-state index contributed by atoms with van der Waals surface area (Å²) < 4.78 is 11.6. The topological polar surface area (TPSA) is 38.8 Å². The van der Waals surface area contributed by atoms with Gasteiger partial charge < -0.3 is 14.4 Å². The van der Waals surface area contributed by atoms with Crippen molar-refractivity contribution in [2.75, 3.05) is 24.6 Å². The summed E-state index contributed by atoms with van der Waals surface area (Å²) in [7, 11) is 0. The van der Waals surface area contributed by atoms with Crippen molar-refractivity contribution < 1.29 is 14.3 Å². The summed E-state index contributed by atoms with van der Waals surface area (Å²) in [6, 6.07) is 16.5. The number of hydrogen-bond donors (Lipinski definition) is 0. The van der Waals surface area contributed by atoms with Gasteiger partial charge in [0.15, 0.2) is 0 Å². The first kappa shape index (κ1) is 19.8. The highest BCUT2D eigenvalue weighted by Gasteiger charge is 2.44. The molecule has 4 rings (SSSR count). The van der Waals surface area contributed by atoms with Crippen LogP contribution in [0.25, 0.3) is 0 Å². The van der Waals surface area contributed by atoms with Crippen LogP contribution in [0.2, 0.25) is 0 Å². The number of carbonyl (C=O) groups is 1. The van der Waals surface area contributed by atoms with Crippen LogP contribution in [-0.4, -0.2) is 31.6 Å². The van der Waals surface area contributed by atoms with Crippen molar-refractivity contribution in [2.45, 2.75) is 52.1 Å². The Morgan fingerprint density at radius 2 is 1.69 bits per heavy atom. The molecule has 4 heteroatoms. The van der Waals surface area contributed by atoms with E-state index in [9.17, 15) is 4.79 Å². The molecule has 0 aromatic heterocycles. The summed E-state index contributed by atoms with van der Waals surface area (Å²) >= 11 is 0. The third-order valence-corrected chi connectivity index (χ3v) is 6.28. The van der Waals surface area contributed by atoms with Crippen molar-refractivity contribution in [3.05, 3.63) is 54.1 Å². The van der Waals surface area contributed by atoms with Gasteiger partial charge in [0.1, 0.15) is 23.4 Å². The van der Waals surface area contributed by atoms with E-state index in [1.165, 1.54) is 11.3 Å². The Morgan fingerprint density at radius 1 is 1.07 bits per heavy atom. The zero-order chi connectivity index (χ0) is 20.4. The predicted octanol–water partition coefficient (Wildman–Crippen LogP) is 5.22. The molecule has 1 heterocycles. The fourth-order valence-electron chi connectivity index (χ4n) is 3.82. The molecule has 1 aliphatic carbocycles. The van der Waals surface area contributed by atoms with Gasteiger partial charge >= 0.3 is 0 Å². The molecule has 4 nitrogen and oxygen atoms in total. The number of ketones is 1. The molecule has 0 radical (unpaired) electrons. The van der Waals surface area contributed by atoms with Crippen LogP contribution in [0.1, 0.15) is 51.5 Å². The predicted molar refractivity (Wildman–Crippen MR) is 116 cm³/mol. The molecule has 1 saturated carbocycles. The van der Waals surface area contributed by atoms with Crippen LogP contribution in [0.4, 0.5) is 5.69 Å². The molecule has 0 amide bonds. The quantitative estimate of drug-likeness (QED) is 0.586. The van der Waals surface area contributed by atoms with Gasteiger partial charge in [0, 0.05) is 17.5 Å². The number of carbonyl (C=O) groups excluding carboxylic acids is 1. The van der Waals surface area contributed by atoms with Crippen LogP contribution in [-0.2, 0) is 4.79 Å². The van der Waals surface area contributed by atoms with Crippen molar-refractivity contribution in [2.24, 2.45) is 5.41 Å². The lowest BCUT2D eigenvalue weighted by Crippen LogP contribution is -2.54. The van der Waals surface area contributed by atoms with Gasteiger partial charge in [-0.2, -0.15) is 0 Å². The molecule has 154 valence electrons. The van der Waals surface area contributed by atoms with Crippen molar-refractivity contribution >= 4 is 11.5 Å². The van der Waals surface area contributed by atoms with E-state index in [4.69, 9.17) is 9.47 Å². The van der Waals surface area contributed by atoms with Crippen molar-refractivity contribution in [3.8, 4) is 11.5 Å². The number of anilines is 1. The normalized spacial score (nSPS) is 18.7. The Kier molecular flexibility index (Phi) is 5.53. The van der Waals surface area contributed by atoms with Gasteiger partial charge in [-0.25, -0.2) is 0 Å². The van der Waals surface area contributed by atoms with Crippen molar-refractivity contribution in [1.82, 2.24) is 0 Å². The maximum atomic E-state index is 12.3. The fraction of sp³-hybridized carbons (Fsp3) is 0.480. The van der Waals surface area contributed by atoms with E-state index in [-0.39, 0.29) is 17.4 Å². The van der Waals surface area contributed by atoms with Gasteiger partial charge in [-0.3, -0.25) is 4.79 Å². The highest BCUT2D eigenvalue weighted by atomic mass is 16.5. The molecule has 1 atom stereocenters. The zero-order valence-corrected chi connectivity index (χ0v) is 17.7. The molecule has 2 aromatic rings. The van der Waals surface area contributed by atoms with Gasteiger partial charge in [0.05, 0.1) is 19.7 Å². The van der Waals surface area contributed by atoms with E-state index in [2.05, 4.69) is 43.0 Å². The zero-order valence-electron chi connectivity index (χ0n) is 17.7. The fourth-order valence-corrected chi connectivity index (χ4v) is 3.82. The van der Waals surface area contributed by atoms with Crippen LogP contribution in [0.3, 0.4) is 0 Å². The second-order valence-corrected chi connectivity index (χ2v) is 8.73. The number of Topliss-reactive ketones (excluding diaryl/α,β-unsaturated/α-hetero) is 1. The highest BCUT2D eigenvalue weighted by Crippen LogP contribution is 2.47. The van der Waals surface area contributed by atoms with Gasteiger partial charge in [0.2, 0.25) is 0 Å². The third-order valence-electron chi connectivity index (χ3n) is 6.28. The Labute approximate surface area is 173 Å².